The minimum absolute atomic E-state index is 0.0547. The SMILES string of the molecule is CC1CCC(C(=O)NCC(C)(C)CO)O1. The first-order chi connectivity index (χ1) is 6.94. The van der Waals surface area contributed by atoms with Crippen LogP contribution in [0.4, 0.5) is 0 Å². The van der Waals surface area contributed by atoms with Crippen molar-refractivity contribution in [1.82, 2.24) is 5.32 Å². The number of aliphatic hydroxyl groups excluding tert-OH is 1. The van der Waals surface area contributed by atoms with E-state index in [-0.39, 0.29) is 30.1 Å². The van der Waals surface area contributed by atoms with Crippen LogP contribution in [0.2, 0.25) is 0 Å². The first-order valence-electron chi connectivity index (χ1n) is 5.48. The van der Waals surface area contributed by atoms with Gasteiger partial charge in [-0.15, -0.1) is 0 Å². The van der Waals surface area contributed by atoms with Crippen molar-refractivity contribution in [1.29, 1.82) is 0 Å². The molecule has 1 rings (SSSR count). The number of hydrogen-bond donors (Lipinski definition) is 2. The summed E-state index contributed by atoms with van der Waals surface area (Å²) in [5.41, 5.74) is -0.264. The molecule has 2 atom stereocenters. The quantitative estimate of drug-likeness (QED) is 0.725. The third-order valence-electron chi connectivity index (χ3n) is 2.69. The van der Waals surface area contributed by atoms with Crippen molar-refractivity contribution < 1.29 is 14.6 Å². The highest BCUT2D eigenvalue weighted by atomic mass is 16.5. The zero-order chi connectivity index (χ0) is 11.5. The van der Waals surface area contributed by atoms with Crippen LogP contribution in [0.3, 0.4) is 0 Å². The molecule has 2 N–H and O–H groups in total. The summed E-state index contributed by atoms with van der Waals surface area (Å²) in [6.07, 6.45) is 1.63. The molecule has 15 heavy (non-hydrogen) atoms. The monoisotopic (exact) mass is 215 g/mol. The molecule has 88 valence electrons. The lowest BCUT2D eigenvalue weighted by Gasteiger charge is -2.22. The maximum Gasteiger partial charge on any atom is 0.249 e. The number of carbonyl (C=O) groups is 1. The number of hydrogen-bond acceptors (Lipinski definition) is 3. The standard InChI is InChI=1S/C11H21NO3/c1-8-4-5-9(15-8)10(14)12-6-11(2,3)7-13/h8-9,13H,4-7H2,1-3H3,(H,12,14). The van der Waals surface area contributed by atoms with Crippen molar-refractivity contribution >= 4 is 5.91 Å². The van der Waals surface area contributed by atoms with E-state index >= 15 is 0 Å². The van der Waals surface area contributed by atoms with Crippen molar-refractivity contribution in [2.45, 2.75) is 45.8 Å². The summed E-state index contributed by atoms with van der Waals surface area (Å²) >= 11 is 0. The molecule has 1 aliphatic rings. The molecule has 1 heterocycles. The summed E-state index contributed by atoms with van der Waals surface area (Å²) in [6.45, 7) is 6.34. The maximum atomic E-state index is 11.6. The van der Waals surface area contributed by atoms with Gasteiger partial charge >= 0.3 is 0 Å². The average molecular weight is 215 g/mol. The van der Waals surface area contributed by atoms with Gasteiger partial charge in [0.05, 0.1) is 6.10 Å². The fraction of sp³-hybridized carbons (Fsp3) is 0.909. The summed E-state index contributed by atoms with van der Waals surface area (Å²) in [5.74, 6) is -0.0547. The third kappa shape index (κ3) is 3.80. The van der Waals surface area contributed by atoms with Crippen LogP contribution in [0, 0.1) is 5.41 Å². The van der Waals surface area contributed by atoms with E-state index in [0.29, 0.717) is 6.54 Å². The molecule has 1 aliphatic heterocycles. The van der Waals surface area contributed by atoms with Gasteiger partial charge in [-0.2, -0.15) is 0 Å². The van der Waals surface area contributed by atoms with Crippen LogP contribution in [0.15, 0.2) is 0 Å². The van der Waals surface area contributed by atoms with Crippen molar-refractivity contribution in [3.63, 3.8) is 0 Å². The highest BCUT2D eigenvalue weighted by Gasteiger charge is 2.29. The Labute approximate surface area is 91.0 Å². The minimum atomic E-state index is -0.297. The Kier molecular flexibility index (Phi) is 4.11. The molecule has 0 aromatic rings. The van der Waals surface area contributed by atoms with E-state index in [4.69, 9.17) is 9.84 Å². The molecule has 0 bridgehead atoms. The molecule has 1 amide bonds. The highest BCUT2D eigenvalue weighted by Crippen LogP contribution is 2.19. The average Bonchev–Trinajstić information content (AvgIpc) is 2.61. The van der Waals surface area contributed by atoms with Gasteiger partial charge in [-0.3, -0.25) is 4.79 Å². The Bertz CT molecular complexity index is 228. The number of aliphatic hydroxyl groups is 1. The fourth-order valence-corrected chi connectivity index (χ4v) is 1.49. The molecule has 0 saturated carbocycles. The molecule has 0 aromatic heterocycles. The molecule has 1 fully saturated rings. The number of carbonyl (C=O) groups excluding carboxylic acids is 1. The number of amides is 1. The Morgan fingerprint density at radius 3 is 2.67 bits per heavy atom. The van der Waals surface area contributed by atoms with Gasteiger partial charge in [0.15, 0.2) is 0 Å². The first kappa shape index (κ1) is 12.5. The fourth-order valence-electron chi connectivity index (χ4n) is 1.49. The number of rotatable bonds is 4. The van der Waals surface area contributed by atoms with Gasteiger partial charge in [0.1, 0.15) is 6.10 Å². The normalized spacial score (nSPS) is 26.7. The van der Waals surface area contributed by atoms with Crippen LogP contribution in [0.1, 0.15) is 33.6 Å². The lowest BCUT2D eigenvalue weighted by atomic mass is 9.95. The smallest absolute Gasteiger partial charge is 0.249 e. The Morgan fingerprint density at radius 2 is 2.20 bits per heavy atom. The largest absolute Gasteiger partial charge is 0.396 e. The summed E-state index contributed by atoms with van der Waals surface area (Å²) in [6, 6.07) is 0. The molecule has 4 heteroatoms. The summed E-state index contributed by atoms with van der Waals surface area (Å²) < 4.78 is 5.45. The van der Waals surface area contributed by atoms with Crippen LogP contribution < -0.4 is 5.32 Å². The zero-order valence-electron chi connectivity index (χ0n) is 9.75. The van der Waals surface area contributed by atoms with E-state index < -0.39 is 0 Å². The molecule has 1 saturated heterocycles. The maximum absolute atomic E-state index is 11.6. The van der Waals surface area contributed by atoms with Gasteiger partial charge in [-0.1, -0.05) is 13.8 Å². The lowest BCUT2D eigenvalue weighted by Crippen LogP contribution is -2.41. The van der Waals surface area contributed by atoms with Crippen LogP contribution in [0.25, 0.3) is 0 Å². The molecule has 0 aromatic carbocycles. The van der Waals surface area contributed by atoms with Gasteiger partial charge in [-0.05, 0) is 19.8 Å². The molecule has 0 spiro atoms. The predicted octanol–water partition coefficient (Wildman–Crippen LogP) is 0.689. The molecular weight excluding hydrogens is 194 g/mol. The van der Waals surface area contributed by atoms with E-state index in [2.05, 4.69) is 5.32 Å². The predicted molar refractivity (Wildman–Crippen MR) is 57.4 cm³/mol. The zero-order valence-corrected chi connectivity index (χ0v) is 9.75. The molecule has 0 aliphatic carbocycles. The third-order valence-corrected chi connectivity index (χ3v) is 2.69. The van der Waals surface area contributed by atoms with Crippen LogP contribution in [-0.2, 0) is 9.53 Å². The van der Waals surface area contributed by atoms with Crippen LogP contribution in [-0.4, -0.2) is 36.4 Å². The van der Waals surface area contributed by atoms with Gasteiger partial charge < -0.3 is 15.2 Å². The molecule has 0 radical (unpaired) electrons. The summed E-state index contributed by atoms with van der Waals surface area (Å²) in [5, 5.41) is 11.8. The van der Waals surface area contributed by atoms with E-state index in [1.807, 2.05) is 20.8 Å². The van der Waals surface area contributed by atoms with Crippen molar-refractivity contribution in [2.75, 3.05) is 13.2 Å². The minimum Gasteiger partial charge on any atom is -0.396 e. The van der Waals surface area contributed by atoms with Crippen LogP contribution >= 0.6 is 0 Å². The van der Waals surface area contributed by atoms with Gasteiger partial charge in [-0.25, -0.2) is 0 Å². The van der Waals surface area contributed by atoms with E-state index in [1.165, 1.54) is 0 Å². The molecule has 4 nitrogen and oxygen atoms in total. The first-order valence-corrected chi connectivity index (χ1v) is 5.48. The van der Waals surface area contributed by atoms with Crippen molar-refractivity contribution in [3.8, 4) is 0 Å². The van der Waals surface area contributed by atoms with E-state index in [0.717, 1.165) is 12.8 Å². The second-order valence-corrected chi connectivity index (χ2v) is 5.05. The van der Waals surface area contributed by atoms with Crippen molar-refractivity contribution in [3.05, 3.63) is 0 Å². The van der Waals surface area contributed by atoms with Crippen LogP contribution in [0.5, 0.6) is 0 Å². The summed E-state index contributed by atoms with van der Waals surface area (Å²) in [7, 11) is 0. The van der Waals surface area contributed by atoms with Gasteiger partial charge in [0.25, 0.3) is 0 Å². The second kappa shape index (κ2) is 4.94. The van der Waals surface area contributed by atoms with E-state index in [1.54, 1.807) is 0 Å². The van der Waals surface area contributed by atoms with E-state index in [9.17, 15) is 4.79 Å². The Morgan fingerprint density at radius 1 is 1.53 bits per heavy atom. The Hall–Kier alpha value is -0.610. The van der Waals surface area contributed by atoms with Gasteiger partial charge in [0.2, 0.25) is 5.91 Å². The van der Waals surface area contributed by atoms with Gasteiger partial charge in [0, 0.05) is 18.6 Å². The Balaban J connectivity index is 2.30. The number of ether oxygens (including phenoxy) is 1. The molecular formula is C11H21NO3. The van der Waals surface area contributed by atoms with Crippen molar-refractivity contribution in [2.24, 2.45) is 5.41 Å². The lowest BCUT2D eigenvalue weighted by molar-refractivity contribution is -0.132. The second-order valence-electron chi connectivity index (χ2n) is 5.05. The number of nitrogens with one attached hydrogen (secondary N) is 1. The highest BCUT2D eigenvalue weighted by molar-refractivity contribution is 5.81. The topological polar surface area (TPSA) is 58.6 Å². The molecule has 2 unspecified atom stereocenters. The summed E-state index contributed by atoms with van der Waals surface area (Å²) in [4.78, 5) is 11.6.